The van der Waals surface area contributed by atoms with E-state index in [2.05, 4.69) is 5.32 Å². The number of nitrogen functional groups attached to an aromatic ring is 1. The Kier molecular flexibility index (Phi) is 3.51. The van der Waals surface area contributed by atoms with E-state index >= 15 is 0 Å². The summed E-state index contributed by atoms with van der Waals surface area (Å²) in [6.45, 7) is 0.100. The Bertz CT molecular complexity index is 672. The van der Waals surface area contributed by atoms with Gasteiger partial charge >= 0.3 is 0 Å². The van der Waals surface area contributed by atoms with E-state index in [0.29, 0.717) is 28.6 Å². The minimum atomic E-state index is -0.265. The number of anilines is 2. The van der Waals surface area contributed by atoms with Crippen LogP contribution in [0.5, 0.6) is 17.2 Å². The predicted molar refractivity (Wildman–Crippen MR) is 77.5 cm³/mol. The van der Waals surface area contributed by atoms with Gasteiger partial charge in [0.2, 0.25) is 6.79 Å². The molecular weight excluding hydrogens is 272 g/mol. The summed E-state index contributed by atoms with van der Waals surface area (Å²) in [6.07, 6.45) is 0. The molecule has 3 N–H and O–H groups in total. The number of carbonyl (C=O) groups excluding carboxylic acids is 1. The summed E-state index contributed by atoms with van der Waals surface area (Å²) in [7, 11) is 0. The van der Waals surface area contributed by atoms with Crippen molar-refractivity contribution in [2.45, 2.75) is 0 Å². The highest BCUT2D eigenvalue weighted by Crippen LogP contribution is 2.35. The Morgan fingerprint density at radius 3 is 2.90 bits per heavy atom. The molecule has 0 atom stereocenters. The minimum absolute atomic E-state index is 0.103. The Labute approximate surface area is 121 Å². The maximum Gasteiger partial charge on any atom is 0.262 e. The fourth-order valence-corrected chi connectivity index (χ4v) is 1.93. The zero-order valence-corrected chi connectivity index (χ0v) is 11.2. The zero-order chi connectivity index (χ0) is 14.7. The van der Waals surface area contributed by atoms with Crippen LogP contribution in [-0.4, -0.2) is 19.3 Å². The molecule has 0 saturated carbocycles. The molecule has 0 unspecified atom stereocenters. The van der Waals surface area contributed by atoms with Crippen LogP contribution in [0.2, 0.25) is 0 Å². The highest BCUT2D eigenvalue weighted by Gasteiger charge is 2.14. The highest BCUT2D eigenvalue weighted by atomic mass is 16.7. The van der Waals surface area contributed by atoms with Crippen molar-refractivity contribution in [3.8, 4) is 17.2 Å². The fraction of sp³-hybridized carbons (Fsp3) is 0.133. The molecule has 0 aromatic heterocycles. The van der Waals surface area contributed by atoms with Crippen LogP contribution in [0.25, 0.3) is 0 Å². The summed E-state index contributed by atoms with van der Waals surface area (Å²) in [5.41, 5.74) is 6.86. The second-order valence-corrected chi connectivity index (χ2v) is 4.48. The number of amides is 1. The molecule has 1 aliphatic heterocycles. The number of ether oxygens (including phenoxy) is 3. The van der Waals surface area contributed by atoms with Crippen LogP contribution in [0.3, 0.4) is 0 Å². The van der Waals surface area contributed by atoms with Crippen LogP contribution < -0.4 is 25.3 Å². The Morgan fingerprint density at radius 2 is 2.05 bits per heavy atom. The van der Waals surface area contributed by atoms with Gasteiger partial charge in [0.25, 0.3) is 5.91 Å². The maximum atomic E-state index is 11.8. The van der Waals surface area contributed by atoms with E-state index in [1.165, 1.54) is 0 Å². The Balaban J connectivity index is 1.56. The molecule has 0 fully saturated rings. The third-order valence-corrected chi connectivity index (χ3v) is 2.88. The molecule has 6 heteroatoms. The van der Waals surface area contributed by atoms with Gasteiger partial charge in [-0.3, -0.25) is 4.79 Å². The molecule has 0 radical (unpaired) electrons. The normalized spacial score (nSPS) is 12.0. The molecule has 3 rings (SSSR count). The third-order valence-electron chi connectivity index (χ3n) is 2.88. The molecule has 6 nitrogen and oxygen atoms in total. The number of rotatable bonds is 4. The lowest BCUT2D eigenvalue weighted by atomic mass is 10.3. The standard InChI is InChI=1S/C15H14N2O4/c16-10-2-1-3-11(6-10)17-15(18)8-19-12-4-5-13-14(7-12)21-9-20-13/h1-7H,8-9,16H2,(H,17,18). The van der Waals surface area contributed by atoms with E-state index in [4.69, 9.17) is 19.9 Å². The number of fused-ring (bicyclic) bond motifs is 1. The summed E-state index contributed by atoms with van der Waals surface area (Å²) in [6, 6.07) is 12.1. The molecule has 1 heterocycles. The third kappa shape index (κ3) is 3.17. The lowest BCUT2D eigenvalue weighted by molar-refractivity contribution is -0.118. The van der Waals surface area contributed by atoms with Crippen molar-refractivity contribution in [1.29, 1.82) is 0 Å². The molecule has 108 valence electrons. The molecule has 21 heavy (non-hydrogen) atoms. The van der Waals surface area contributed by atoms with Gasteiger partial charge < -0.3 is 25.3 Å². The van der Waals surface area contributed by atoms with Crippen molar-refractivity contribution in [1.82, 2.24) is 0 Å². The minimum Gasteiger partial charge on any atom is -0.484 e. The first-order valence-electron chi connectivity index (χ1n) is 6.38. The van der Waals surface area contributed by atoms with E-state index in [1.54, 1.807) is 42.5 Å². The van der Waals surface area contributed by atoms with E-state index in [9.17, 15) is 4.79 Å². The Hall–Kier alpha value is -2.89. The van der Waals surface area contributed by atoms with Crippen LogP contribution in [0, 0.1) is 0 Å². The SMILES string of the molecule is Nc1cccc(NC(=O)COc2ccc3c(c2)OCO3)c1. The lowest BCUT2D eigenvalue weighted by Crippen LogP contribution is -2.20. The maximum absolute atomic E-state index is 11.8. The van der Waals surface area contributed by atoms with E-state index in [-0.39, 0.29) is 19.3 Å². The van der Waals surface area contributed by atoms with Gasteiger partial charge in [-0.15, -0.1) is 0 Å². The summed E-state index contributed by atoms with van der Waals surface area (Å²) in [5, 5.41) is 2.71. The fourth-order valence-electron chi connectivity index (χ4n) is 1.93. The summed E-state index contributed by atoms with van der Waals surface area (Å²) in [4.78, 5) is 11.8. The number of benzene rings is 2. The van der Waals surface area contributed by atoms with Gasteiger partial charge in [-0.1, -0.05) is 6.07 Å². The molecule has 2 aromatic rings. The molecule has 0 saturated heterocycles. The largest absolute Gasteiger partial charge is 0.484 e. The smallest absolute Gasteiger partial charge is 0.262 e. The monoisotopic (exact) mass is 286 g/mol. The van der Waals surface area contributed by atoms with Crippen LogP contribution in [0.1, 0.15) is 0 Å². The highest BCUT2D eigenvalue weighted by molar-refractivity contribution is 5.92. The van der Waals surface area contributed by atoms with Gasteiger partial charge in [0.05, 0.1) is 0 Å². The molecule has 1 aliphatic rings. The molecule has 0 bridgehead atoms. The lowest BCUT2D eigenvalue weighted by Gasteiger charge is -2.08. The number of nitrogens with one attached hydrogen (secondary N) is 1. The first kappa shape index (κ1) is 13.1. The van der Waals surface area contributed by atoms with Crippen molar-refractivity contribution < 1.29 is 19.0 Å². The van der Waals surface area contributed by atoms with Gasteiger partial charge in [0.15, 0.2) is 18.1 Å². The van der Waals surface area contributed by atoms with Gasteiger partial charge in [-0.05, 0) is 30.3 Å². The van der Waals surface area contributed by atoms with Crippen molar-refractivity contribution in [3.05, 3.63) is 42.5 Å². The second kappa shape index (κ2) is 5.62. The predicted octanol–water partition coefficient (Wildman–Crippen LogP) is 2.01. The van der Waals surface area contributed by atoms with Crippen molar-refractivity contribution >= 4 is 17.3 Å². The number of hydrogen-bond donors (Lipinski definition) is 2. The van der Waals surface area contributed by atoms with Crippen molar-refractivity contribution in [2.75, 3.05) is 24.5 Å². The van der Waals surface area contributed by atoms with E-state index in [0.717, 1.165) is 0 Å². The van der Waals surface area contributed by atoms with Crippen LogP contribution in [-0.2, 0) is 4.79 Å². The zero-order valence-electron chi connectivity index (χ0n) is 11.2. The Morgan fingerprint density at radius 1 is 1.19 bits per heavy atom. The average molecular weight is 286 g/mol. The number of carbonyl (C=O) groups is 1. The van der Waals surface area contributed by atoms with Crippen molar-refractivity contribution in [2.24, 2.45) is 0 Å². The number of nitrogens with two attached hydrogens (primary N) is 1. The van der Waals surface area contributed by atoms with E-state index in [1.807, 2.05) is 0 Å². The molecule has 2 aromatic carbocycles. The molecular formula is C15H14N2O4. The summed E-state index contributed by atoms with van der Waals surface area (Å²) in [5.74, 6) is 1.57. The van der Waals surface area contributed by atoms with Gasteiger partial charge in [-0.2, -0.15) is 0 Å². The number of hydrogen-bond acceptors (Lipinski definition) is 5. The molecule has 0 spiro atoms. The first-order chi connectivity index (χ1) is 10.2. The quantitative estimate of drug-likeness (QED) is 0.840. The van der Waals surface area contributed by atoms with Gasteiger partial charge in [0, 0.05) is 17.4 Å². The van der Waals surface area contributed by atoms with Gasteiger partial charge in [-0.25, -0.2) is 0 Å². The average Bonchev–Trinajstić information content (AvgIpc) is 2.92. The van der Waals surface area contributed by atoms with Crippen LogP contribution >= 0.6 is 0 Å². The van der Waals surface area contributed by atoms with Crippen LogP contribution in [0.15, 0.2) is 42.5 Å². The van der Waals surface area contributed by atoms with Crippen molar-refractivity contribution in [3.63, 3.8) is 0 Å². The molecule has 0 aliphatic carbocycles. The van der Waals surface area contributed by atoms with E-state index < -0.39 is 0 Å². The second-order valence-electron chi connectivity index (χ2n) is 4.48. The summed E-state index contributed by atoms with van der Waals surface area (Å²) >= 11 is 0. The van der Waals surface area contributed by atoms with Crippen LogP contribution in [0.4, 0.5) is 11.4 Å². The summed E-state index contributed by atoms with van der Waals surface area (Å²) < 4.78 is 15.9. The topological polar surface area (TPSA) is 82.8 Å². The molecule has 1 amide bonds. The first-order valence-corrected chi connectivity index (χ1v) is 6.38. The van der Waals surface area contributed by atoms with Gasteiger partial charge in [0.1, 0.15) is 5.75 Å².